The summed E-state index contributed by atoms with van der Waals surface area (Å²) < 4.78 is 10.9. The van der Waals surface area contributed by atoms with Crippen LogP contribution in [0.1, 0.15) is 42.6 Å². The van der Waals surface area contributed by atoms with Crippen LogP contribution in [-0.4, -0.2) is 83.7 Å². The summed E-state index contributed by atoms with van der Waals surface area (Å²) in [6.45, 7) is 8.60. The Labute approximate surface area is 250 Å². The van der Waals surface area contributed by atoms with Crippen LogP contribution in [0.15, 0.2) is 60.0 Å². The number of anilines is 1. The Hall–Kier alpha value is -3.80. The number of rotatable bonds is 9. The molecular weight excluding hydrogens is 554 g/mol. The van der Waals surface area contributed by atoms with Crippen LogP contribution in [0.2, 0.25) is 0 Å². The Morgan fingerprint density at radius 1 is 1.05 bits per heavy atom. The van der Waals surface area contributed by atoms with Crippen LogP contribution in [0.25, 0.3) is 11.3 Å². The van der Waals surface area contributed by atoms with E-state index in [4.69, 9.17) is 9.47 Å². The largest absolute Gasteiger partial charge is 0.445 e. The van der Waals surface area contributed by atoms with Crippen molar-refractivity contribution in [2.75, 3.05) is 44.7 Å². The van der Waals surface area contributed by atoms with E-state index in [9.17, 15) is 14.4 Å². The molecule has 1 aromatic heterocycles. The Kier molecular flexibility index (Phi) is 9.51. The molecule has 0 aliphatic carbocycles. The van der Waals surface area contributed by atoms with E-state index in [1.807, 2.05) is 61.7 Å². The van der Waals surface area contributed by atoms with Gasteiger partial charge in [-0.25, -0.2) is 9.78 Å². The molecule has 3 aromatic rings. The molecule has 0 spiro atoms. The van der Waals surface area contributed by atoms with Gasteiger partial charge in [0.1, 0.15) is 12.6 Å². The van der Waals surface area contributed by atoms with Gasteiger partial charge in [-0.3, -0.25) is 19.4 Å². The van der Waals surface area contributed by atoms with Gasteiger partial charge in [0, 0.05) is 48.2 Å². The van der Waals surface area contributed by atoms with Gasteiger partial charge >= 0.3 is 6.09 Å². The second-order valence-electron chi connectivity index (χ2n) is 11.2. The number of carbonyl (C=O) groups is 3. The standard InChI is InChI=1S/C31H37N5O5S/c1-31(2,21-35-15-17-40-18-16-35)34-27(37)24-12-10-23(11-13-24)25-20-42-29(32-25)33-28(38)26-9-6-14-36(26)30(39)41-19-22-7-4-3-5-8-22/h3-5,7-8,10-13,20,26H,6,9,14-19,21H2,1-2H3,(H,34,37)(H,32,33,38)/t26-/m0/s1. The maximum absolute atomic E-state index is 13.1. The summed E-state index contributed by atoms with van der Waals surface area (Å²) in [5.74, 6) is -0.411. The van der Waals surface area contributed by atoms with Crippen LogP contribution in [0.4, 0.5) is 9.93 Å². The highest BCUT2D eigenvalue weighted by Gasteiger charge is 2.35. The van der Waals surface area contributed by atoms with E-state index >= 15 is 0 Å². The number of thiazole rings is 1. The third kappa shape index (κ3) is 7.72. The van der Waals surface area contributed by atoms with Gasteiger partial charge in [0.2, 0.25) is 5.91 Å². The van der Waals surface area contributed by atoms with Gasteiger partial charge in [0.15, 0.2) is 5.13 Å². The normalized spacial score (nSPS) is 17.6. The molecule has 2 aliphatic heterocycles. The van der Waals surface area contributed by atoms with Crippen LogP contribution in [0.3, 0.4) is 0 Å². The molecule has 2 aliphatic rings. The average molecular weight is 592 g/mol. The molecule has 2 N–H and O–H groups in total. The predicted octanol–water partition coefficient (Wildman–Crippen LogP) is 4.39. The van der Waals surface area contributed by atoms with Crippen LogP contribution in [-0.2, 0) is 20.9 Å². The number of nitrogens with one attached hydrogen (secondary N) is 2. The fourth-order valence-electron chi connectivity index (χ4n) is 5.24. The quantitative estimate of drug-likeness (QED) is 0.380. The first-order chi connectivity index (χ1) is 20.3. The summed E-state index contributed by atoms with van der Waals surface area (Å²) in [4.78, 5) is 47.0. The van der Waals surface area contributed by atoms with E-state index in [2.05, 4.69) is 20.5 Å². The lowest BCUT2D eigenvalue weighted by molar-refractivity contribution is -0.120. The molecule has 3 heterocycles. The van der Waals surface area contributed by atoms with Gasteiger partial charge in [-0.1, -0.05) is 42.5 Å². The van der Waals surface area contributed by atoms with Gasteiger partial charge in [0.25, 0.3) is 5.91 Å². The van der Waals surface area contributed by atoms with Crippen molar-refractivity contribution in [3.8, 4) is 11.3 Å². The molecule has 0 radical (unpaired) electrons. The zero-order chi connectivity index (χ0) is 29.5. The first-order valence-electron chi connectivity index (χ1n) is 14.2. The first kappa shape index (κ1) is 29.7. The van der Waals surface area contributed by atoms with Crippen LogP contribution < -0.4 is 10.6 Å². The van der Waals surface area contributed by atoms with E-state index in [-0.39, 0.29) is 24.0 Å². The zero-order valence-corrected chi connectivity index (χ0v) is 24.8. The minimum Gasteiger partial charge on any atom is -0.445 e. The highest BCUT2D eigenvalue weighted by Crippen LogP contribution is 2.27. The Morgan fingerprint density at radius 3 is 2.52 bits per heavy atom. The topological polar surface area (TPSA) is 113 Å². The van der Waals surface area contributed by atoms with E-state index < -0.39 is 12.1 Å². The molecule has 2 fully saturated rings. The van der Waals surface area contributed by atoms with E-state index in [0.717, 1.165) is 50.4 Å². The van der Waals surface area contributed by atoms with E-state index in [1.165, 1.54) is 16.2 Å². The van der Waals surface area contributed by atoms with Gasteiger partial charge in [-0.15, -0.1) is 11.3 Å². The lowest BCUT2D eigenvalue weighted by atomic mass is 10.0. The smallest absolute Gasteiger partial charge is 0.410 e. The van der Waals surface area contributed by atoms with Crippen molar-refractivity contribution in [1.29, 1.82) is 0 Å². The molecule has 42 heavy (non-hydrogen) atoms. The van der Waals surface area contributed by atoms with E-state index in [0.29, 0.717) is 29.4 Å². The lowest BCUT2D eigenvalue weighted by Gasteiger charge is -2.35. The maximum atomic E-state index is 13.1. The number of nitrogens with zero attached hydrogens (tertiary/aromatic N) is 3. The lowest BCUT2D eigenvalue weighted by Crippen LogP contribution is -2.53. The van der Waals surface area contributed by atoms with Gasteiger partial charge < -0.3 is 20.1 Å². The predicted molar refractivity (Wildman–Crippen MR) is 161 cm³/mol. The molecule has 2 saturated heterocycles. The summed E-state index contributed by atoms with van der Waals surface area (Å²) in [7, 11) is 0. The van der Waals surface area contributed by atoms with Gasteiger partial charge in [0.05, 0.1) is 18.9 Å². The fraction of sp³-hybridized carbons (Fsp3) is 0.419. The Balaban J connectivity index is 1.14. The number of carbonyl (C=O) groups excluding carboxylic acids is 3. The number of hydrogen-bond donors (Lipinski definition) is 2. The number of morpholine rings is 1. The van der Waals surface area contributed by atoms with Crippen molar-refractivity contribution >= 4 is 34.4 Å². The van der Waals surface area contributed by atoms with E-state index in [1.54, 1.807) is 12.1 Å². The van der Waals surface area contributed by atoms with Crippen LogP contribution in [0.5, 0.6) is 0 Å². The summed E-state index contributed by atoms with van der Waals surface area (Å²) in [6, 6.07) is 16.1. The number of likely N-dealkylation sites (tertiary alicyclic amines) is 1. The molecule has 3 amide bonds. The monoisotopic (exact) mass is 591 g/mol. The number of ether oxygens (including phenoxy) is 2. The van der Waals surface area contributed by atoms with Crippen molar-refractivity contribution in [3.05, 3.63) is 71.1 Å². The number of benzene rings is 2. The van der Waals surface area contributed by atoms with Gasteiger partial charge in [-0.05, 0) is 44.4 Å². The minimum absolute atomic E-state index is 0.130. The molecule has 222 valence electrons. The minimum atomic E-state index is -0.606. The SMILES string of the molecule is CC(C)(CN1CCOCC1)NC(=O)c1ccc(-c2csc(NC(=O)[C@@H]3CCCN3C(=O)OCc3ccccc3)n2)cc1. The van der Waals surface area contributed by atoms with Crippen LogP contribution >= 0.6 is 11.3 Å². The molecule has 11 heteroatoms. The van der Waals surface area contributed by atoms with Crippen molar-refractivity contribution in [1.82, 2.24) is 20.1 Å². The molecular formula is C31H37N5O5S. The number of amides is 3. The number of hydrogen-bond acceptors (Lipinski definition) is 8. The maximum Gasteiger partial charge on any atom is 0.410 e. The van der Waals surface area contributed by atoms with Crippen molar-refractivity contribution < 1.29 is 23.9 Å². The fourth-order valence-corrected chi connectivity index (χ4v) is 5.96. The zero-order valence-electron chi connectivity index (χ0n) is 24.0. The van der Waals surface area contributed by atoms with Crippen molar-refractivity contribution in [2.45, 2.75) is 44.9 Å². The summed E-state index contributed by atoms with van der Waals surface area (Å²) in [5.41, 5.74) is 2.60. The summed E-state index contributed by atoms with van der Waals surface area (Å²) in [6.07, 6.45) is 0.799. The highest BCUT2D eigenvalue weighted by atomic mass is 32.1. The number of aromatic nitrogens is 1. The molecule has 0 unspecified atom stereocenters. The average Bonchev–Trinajstić information content (AvgIpc) is 3.67. The Morgan fingerprint density at radius 2 is 1.79 bits per heavy atom. The third-order valence-corrected chi connectivity index (χ3v) is 8.10. The molecule has 2 aromatic carbocycles. The van der Waals surface area contributed by atoms with Crippen molar-refractivity contribution in [3.63, 3.8) is 0 Å². The van der Waals surface area contributed by atoms with Gasteiger partial charge in [-0.2, -0.15) is 0 Å². The first-order valence-corrected chi connectivity index (χ1v) is 15.1. The molecule has 0 bridgehead atoms. The molecule has 0 saturated carbocycles. The Bertz CT molecular complexity index is 1370. The van der Waals surface area contributed by atoms with Crippen LogP contribution in [0, 0.1) is 0 Å². The summed E-state index contributed by atoms with van der Waals surface area (Å²) in [5, 5.41) is 8.31. The summed E-state index contributed by atoms with van der Waals surface area (Å²) >= 11 is 1.31. The second-order valence-corrected chi connectivity index (χ2v) is 12.1. The second kappa shape index (κ2) is 13.5. The molecule has 1 atom stereocenters. The van der Waals surface area contributed by atoms with Crippen molar-refractivity contribution in [2.24, 2.45) is 0 Å². The molecule has 5 rings (SSSR count). The third-order valence-electron chi connectivity index (χ3n) is 7.35. The highest BCUT2D eigenvalue weighted by molar-refractivity contribution is 7.14. The molecule has 10 nitrogen and oxygen atoms in total.